The summed E-state index contributed by atoms with van der Waals surface area (Å²) < 4.78 is 29.3. The summed E-state index contributed by atoms with van der Waals surface area (Å²) in [4.78, 5) is 30.4. The molecular formula is C33H40ClN3O4S2. The third kappa shape index (κ3) is 8.34. The zero-order valence-electron chi connectivity index (χ0n) is 25.0. The number of hydrogen-bond donors (Lipinski definition) is 1. The number of amides is 2. The minimum absolute atomic E-state index is 0.0688. The van der Waals surface area contributed by atoms with Crippen LogP contribution in [0.1, 0.15) is 56.6 Å². The maximum Gasteiger partial charge on any atom is 0.264 e. The summed E-state index contributed by atoms with van der Waals surface area (Å²) in [6.07, 6.45) is 7.39. The number of nitrogens with one attached hydrogen (secondary N) is 1. The monoisotopic (exact) mass is 641 g/mol. The van der Waals surface area contributed by atoms with Crippen LogP contribution < -0.4 is 9.62 Å². The second-order valence-electron chi connectivity index (χ2n) is 10.9. The lowest BCUT2D eigenvalue weighted by atomic mass is 9.95. The zero-order chi connectivity index (χ0) is 31.0. The number of hydrogen-bond acceptors (Lipinski definition) is 5. The SMILES string of the molecule is CC[C@H](C(=O)NC1CCCCC1)N(Cc1ccccc1Cl)C(=O)CN(c1ccc(C)cc1)S(=O)(=O)c1ccc(SC)cc1. The molecule has 1 aliphatic rings. The van der Waals surface area contributed by atoms with Crippen molar-refractivity contribution in [2.45, 2.75) is 80.8 Å². The summed E-state index contributed by atoms with van der Waals surface area (Å²) in [5.41, 5.74) is 2.01. The van der Waals surface area contributed by atoms with Crippen molar-refractivity contribution in [3.8, 4) is 0 Å². The predicted molar refractivity (Wildman–Crippen MR) is 175 cm³/mol. The maximum atomic E-state index is 14.3. The Balaban J connectivity index is 1.71. The van der Waals surface area contributed by atoms with E-state index >= 15 is 0 Å². The van der Waals surface area contributed by atoms with Gasteiger partial charge in [0.15, 0.2) is 0 Å². The summed E-state index contributed by atoms with van der Waals surface area (Å²) in [6, 6.07) is 20.1. The number of aryl methyl sites for hydroxylation is 1. The molecule has 0 heterocycles. The maximum absolute atomic E-state index is 14.3. The van der Waals surface area contributed by atoms with Crippen LogP contribution in [0.5, 0.6) is 0 Å². The van der Waals surface area contributed by atoms with Gasteiger partial charge >= 0.3 is 0 Å². The van der Waals surface area contributed by atoms with Crippen molar-refractivity contribution in [2.24, 2.45) is 0 Å². The van der Waals surface area contributed by atoms with Gasteiger partial charge in [0.25, 0.3) is 10.0 Å². The van der Waals surface area contributed by atoms with Gasteiger partial charge in [0.2, 0.25) is 11.8 Å². The average molecular weight is 642 g/mol. The van der Waals surface area contributed by atoms with Crippen LogP contribution in [0.25, 0.3) is 0 Å². The van der Waals surface area contributed by atoms with Crippen LogP contribution in [0.3, 0.4) is 0 Å². The summed E-state index contributed by atoms with van der Waals surface area (Å²) in [7, 11) is -4.13. The van der Waals surface area contributed by atoms with Crippen molar-refractivity contribution < 1.29 is 18.0 Å². The first kappa shape index (κ1) is 32.9. The molecule has 1 fully saturated rings. The normalized spacial score (nSPS) is 14.6. The Bertz CT molecular complexity index is 1490. The number of thioether (sulfide) groups is 1. The molecule has 1 N–H and O–H groups in total. The molecule has 0 unspecified atom stereocenters. The van der Waals surface area contributed by atoms with E-state index in [9.17, 15) is 18.0 Å². The predicted octanol–water partition coefficient (Wildman–Crippen LogP) is 6.82. The Morgan fingerprint density at radius 3 is 2.23 bits per heavy atom. The molecule has 0 aromatic heterocycles. The molecule has 230 valence electrons. The first-order chi connectivity index (χ1) is 20.6. The number of anilines is 1. The van der Waals surface area contributed by atoms with E-state index < -0.39 is 28.5 Å². The molecule has 0 spiro atoms. The molecule has 7 nitrogen and oxygen atoms in total. The number of rotatable bonds is 12. The van der Waals surface area contributed by atoms with Gasteiger partial charge in [-0.25, -0.2) is 8.42 Å². The van der Waals surface area contributed by atoms with E-state index in [1.165, 1.54) is 16.7 Å². The molecule has 0 bridgehead atoms. The second kappa shape index (κ2) is 15.1. The summed E-state index contributed by atoms with van der Waals surface area (Å²) in [6.45, 7) is 3.36. The van der Waals surface area contributed by atoms with Crippen LogP contribution in [0.2, 0.25) is 5.02 Å². The van der Waals surface area contributed by atoms with Crippen molar-refractivity contribution in [3.05, 3.63) is 88.9 Å². The smallest absolute Gasteiger partial charge is 0.264 e. The van der Waals surface area contributed by atoms with Gasteiger partial charge in [-0.3, -0.25) is 13.9 Å². The minimum Gasteiger partial charge on any atom is -0.352 e. The van der Waals surface area contributed by atoms with Crippen molar-refractivity contribution in [2.75, 3.05) is 17.1 Å². The fraction of sp³-hybridized carbons (Fsp3) is 0.394. The number of carbonyl (C=O) groups excluding carboxylic acids is 2. The van der Waals surface area contributed by atoms with Crippen molar-refractivity contribution in [1.82, 2.24) is 10.2 Å². The fourth-order valence-corrected chi connectivity index (χ4v) is 7.41. The van der Waals surface area contributed by atoms with E-state index in [4.69, 9.17) is 11.6 Å². The number of benzene rings is 3. The van der Waals surface area contributed by atoms with Crippen LogP contribution in [0, 0.1) is 6.92 Å². The molecule has 3 aromatic carbocycles. The van der Waals surface area contributed by atoms with Gasteiger partial charge in [0.05, 0.1) is 10.6 Å². The lowest BCUT2D eigenvalue weighted by molar-refractivity contribution is -0.140. The number of nitrogens with zero attached hydrogens (tertiary/aromatic N) is 2. The van der Waals surface area contributed by atoms with Gasteiger partial charge in [-0.15, -0.1) is 11.8 Å². The molecule has 2 amide bonds. The van der Waals surface area contributed by atoms with Crippen molar-refractivity contribution in [1.29, 1.82) is 0 Å². The van der Waals surface area contributed by atoms with Crippen LogP contribution in [0.4, 0.5) is 5.69 Å². The molecule has 1 aliphatic carbocycles. The standard InChI is InChI=1S/C33H40ClN3O4S2/c1-4-31(33(39)35-26-11-6-5-7-12-26)36(22-25-10-8-9-13-30(25)34)32(38)23-37(27-16-14-24(2)15-17-27)43(40,41)29-20-18-28(42-3)19-21-29/h8-10,13-21,26,31H,4-7,11-12,22-23H2,1-3H3,(H,35,39)/t31-/m1/s1. The van der Waals surface area contributed by atoms with Gasteiger partial charge in [0, 0.05) is 22.5 Å². The molecule has 43 heavy (non-hydrogen) atoms. The number of sulfonamides is 1. The first-order valence-corrected chi connectivity index (χ1v) is 17.7. The molecular weight excluding hydrogens is 602 g/mol. The van der Waals surface area contributed by atoms with Crippen LogP contribution >= 0.6 is 23.4 Å². The van der Waals surface area contributed by atoms with E-state index in [2.05, 4.69) is 5.32 Å². The molecule has 3 aromatic rings. The highest BCUT2D eigenvalue weighted by Crippen LogP contribution is 2.27. The largest absolute Gasteiger partial charge is 0.352 e. The molecule has 0 radical (unpaired) electrons. The summed E-state index contributed by atoms with van der Waals surface area (Å²) in [5.74, 6) is -0.720. The summed E-state index contributed by atoms with van der Waals surface area (Å²) >= 11 is 8.02. The van der Waals surface area contributed by atoms with Crippen molar-refractivity contribution in [3.63, 3.8) is 0 Å². The Morgan fingerprint density at radius 2 is 1.63 bits per heavy atom. The minimum atomic E-state index is -4.13. The van der Waals surface area contributed by atoms with E-state index in [0.29, 0.717) is 22.7 Å². The highest BCUT2D eigenvalue weighted by molar-refractivity contribution is 7.98. The van der Waals surface area contributed by atoms with E-state index in [-0.39, 0.29) is 23.4 Å². The molecule has 10 heteroatoms. The number of carbonyl (C=O) groups is 2. The quantitative estimate of drug-likeness (QED) is 0.219. The first-order valence-electron chi connectivity index (χ1n) is 14.7. The Labute approximate surface area is 265 Å². The van der Waals surface area contributed by atoms with E-state index in [0.717, 1.165) is 46.9 Å². The molecule has 1 atom stereocenters. The highest BCUT2D eigenvalue weighted by Gasteiger charge is 2.34. The third-order valence-corrected chi connectivity index (χ3v) is 10.8. The third-order valence-electron chi connectivity index (χ3n) is 7.88. The molecule has 0 aliphatic heterocycles. The van der Waals surface area contributed by atoms with Crippen LogP contribution in [-0.4, -0.2) is 50.0 Å². The van der Waals surface area contributed by atoms with Crippen LogP contribution in [0.15, 0.2) is 82.6 Å². The Kier molecular flexibility index (Phi) is 11.6. The molecule has 0 saturated heterocycles. The summed E-state index contributed by atoms with van der Waals surface area (Å²) in [5, 5.41) is 3.64. The molecule has 4 rings (SSSR count). The highest BCUT2D eigenvalue weighted by atomic mass is 35.5. The molecule has 1 saturated carbocycles. The average Bonchev–Trinajstić information content (AvgIpc) is 3.01. The lowest BCUT2D eigenvalue weighted by Gasteiger charge is -2.34. The van der Waals surface area contributed by atoms with Gasteiger partial charge in [-0.1, -0.05) is 73.7 Å². The number of halogens is 1. The van der Waals surface area contributed by atoms with Crippen LogP contribution in [-0.2, 0) is 26.2 Å². The lowest BCUT2D eigenvalue weighted by Crippen LogP contribution is -2.54. The zero-order valence-corrected chi connectivity index (χ0v) is 27.4. The van der Waals surface area contributed by atoms with Gasteiger partial charge < -0.3 is 10.2 Å². The Morgan fingerprint density at radius 1 is 0.977 bits per heavy atom. The van der Waals surface area contributed by atoms with Gasteiger partial charge in [-0.05, 0) is 80.5 Å². The van der Waals surface area contributed by atoms with Gasteiger partial charge in [0.1, 0.15) is 12.6 Å². The van der Waals surface area contributed by atoms with Gasteiger partial charge in [-0.2, -0.15) is 0 Å². The van der Waals surface area contributed by atoms with Crippen molar-refractivity contribution >= 4 is 50.9 Å². The Hall–Kier alpha value is -3.01. The van der Waals surface area contributed by atoms with E-state index in [1.54, 1.807) is 48.5 Å². The topological polar surface area (TPSA) is 86.8 Å². The van der Waals surface area contributed by atoms with E-state index in [1.807, 2.05) is 44.4 Å². The second-order valence-corrected chi connectivity index (χ2v) is 14.1. The fourth-order valence-electron chi connectivity index (χ4n) is 5.39.